The van der Waals surface area contributed by atoms with E-state index in [1.807, 2.05) is 13.8 Å². The van der Waals surface area contributed by atoms with Crippen LogP contribution in [0.5, 0.6) is 0 Å². The maximum Gasteiger partial charge on any atom is 0.326 e. The number of rotatable bonds is 5. The summed E-state index contributed by atoms with van der Waals surface area (Å²) in [5, 5.41) is 15.6. The molecule has 1 heterocycles. The van der Waals surface area contributed by atoms with Crippen molar-refractivity contribution in [2.75, 3.05) is 0 Å². The Morgan fingerprint density at radius 3 is 2.56 bits per heavy atom. The summed E-state index contributed by atoms with van der Waals surface area (Å²) < 4.78 is 1.56. The van der Waals surface area contributed by atoms with E-state index in [0.29, 0.717) is 17.7 Å². The zero-order valence-corrected chi connectivity index (χ0v) is 11.1. The SMILES string of the molecule is CCC(NC(=O)c1cn(C)nc1C(C)C)C(=O)O. The van der Waals surface area contributed by atoms with Crippen LogP contribution in [0.25, 0.3) is 0 Å². The van der Waals surface area contributed by atoms with E-state index in [1.165, 1.54) is 0 Å². The van der Waals surface area contributed by atoms with Crippen LogP contribution in [0.4, 0.5) is 0 Å². The Labute approximate surface area is 106 Å². The zero-order valence-electron chi connectivity index (χ0n) is 11.1. The van der Waals surface area contributed by atoms with E-state index in [2.05, 4.69) is 10.4 Å². The average molecular weight is 253 g/mol. The number of aliphatic carboxylic acids is 1. The molecule has 0 saturated carbocycles. The Kier molecular flexibility index (Phi) is 4.47. The third kappa shape index (κ3) is 3.09. The number of aromatic nitrogens is 2. The summed E-state index contributed by atoms with van der Waals surface area (Å²) in [6.45, 7) is 5.59. The fourth-order valence-electron chi connectivity index (χ4n) is 1.68. The summed E-state index contributed by atoms with van der Waals surface area (Å²) in [6.07, 6.45) is 1.96. The fourth-order valence-corrected chi connectivity index (χ4v) is 1.68. The number of carbonyl (C=O) groups excluding carboxylic acids is 1. The molecule has 0 aliphatic carbocycles. The number of carboxylic acid groups (broad SMARTS) is 1. The van der Waals surface area contributed by atoms with Crippen molar-refractivity contribution in [3.8, 4) is 0 Å². The highest BCUT2D eigenvalue weighted by molar-refractivity contribution is 5.97. The number of nitrogens with one attached hydrogen (secondary N) is 1. The molecule has 0 aliphatic heterocycles. The van der Waals surface area contributed by atoms with Crippen LogP contribution in [0.15, 0.2) is 6.20 Å². The number of aryl methyl sites for hydroxylation is 1. The van der Waals surface area contributed by atoms with Crippen molar-refractivity contribution in [1.82, 2.24) is 15.1 Å². The summed E-state index contributed by atoms with van der Waals surface area (Å²) in [7, 11) is 1.73. The molecule has 1 rings (SSSR count). The molecule has 0 spiro atoms. The molecule has 0 aliphatic rings. The lowest BCUT2D eigenvalue weighted by Gasteiger charge is -2.12. The Balaban J connectivity index is 2.93. The highest BCUT2D eigenvalue weighted by Gasteiger charge is 2.23. The molecule has 1 atom stereocenters. The quantitative estimate of drug-likeness (QED) is 0.824. The summed E-state index contributed by atoms with van der Waals surface area (Å²) >= 11 is 0. The molecule has 1 aromatic heterocycles. The molecule has 2 N–H and O–H groups in total. The lowest BCUT2D eigenvalue weighted by molar-refractivity contribution is -0.139. The molecule has 0 radical (unpaired) electrons. The lowest BCUT2D eigenvalue weighted by atomic mass is 10.1. The fraction of sp³-hybridized carbons (Fsp3) is 0.583. The van der Waals surface area contributed by atoms with Crippen molar-refractivity contribution in [2.45, 2.75) is 39.2 Å². The number of hydrogen-bond acceptors (Lipinski definition) is 3. The maximum atomic E-state index is 12.0. The number of amides is 1. The number of carboxylic acids is 1. The molecule has 0 fully saturated rings. The van der Waals surface area contributed by atoms with E-state index < -0.39 is 12.0 Å². The van der Waals surface area contributed by atoms with Crippen molar-refractivity contribution in [3.63, 3.8) is 0 Å². The lowest BCUT2D eigenvalue weighted by Crippen LogP contribution is -2.40. The van der Waals surface area contributed by atoms with Crippen molar-refractivity contribution in [1.29, 1.82) is 0 Å². The van der Waals surface area contributed by atoms with E-state index in [0.717, 1.165) is 0 Å². The van der Waals surface area contributed by atoms with Crippen LogP contribution in [-0.2, 0) is 11.8 Å². The number of carbonyl (C=O) groups is 2. The van der Waals surface area contributed by atoms with Gasteiger partial charge in [0, 0.05) is 13.2 Å². The molecule has 0 bridgehead atoms. The zero-order chi connectivity index (χ0) is 13.9. The smallest absolute Gasteiger partial charge is 0.326 e. The second-order valence-electron chi connectivity index (χ2n) is 4.53. The number of nitrogens with zero attached hydrogens (tertiary/aromatic N) is 2. The molecule has 6 nitrogen and oxygen atoms in total. The molecular weight excluding hydrogens is 234 g/mol. The van der Waals surface area contributed by atoms with Gasteiger partial charge in [0.05, 0.1) is 11.3 Å². The Bertz CT molecular complexity index is 451. The van der Waals surface area contributed by atoms with E-state index in [9.17, 15) is 9.59 Å². The molecular formula is C12H19N3O3. The van der Waals surface area contributed by atoms with Crippen LogP contribution >= 0.6 is 0 Å². The molecule has 6 heteroatoms. The standard InChI is InChI=1S/C12H19N3O3/c1-5-9(12(17)18)13-11(16)8-6-15(4)14-10(8)7(2)3/h6-7,9H,5H2,1-4H3,(H,13,16)(H,17,18). The van der Waals surface area contributed by atoms with Gasteiger partial charge in [-0.3, -0.25) is 9.48 Å². The van der Waals surface area contributed by atoms with Crippen LogP contribution < -0.4 is 5.32 Å². The van der Waals surface area contributed by atoms with Gasteiger partial charge in [-0.15, -0.1) is 0 Å². The molecule has 100 valence electrons. The third-order valence-electron chi connectivity index (χ3n) is 2.66. The minimum atomic E-state index is -1.03. The van der Waals surface area contributed by atoms with Crippen LogP contribution in [0.3, 0.4) is 0 Å². The highest BCUT2D eigenvalue weighted by atomic mass is 16.4. The van der Waals surface area contributed by atoms with E-state index in [4.69, 9.17) is 5.11 Å². The number of hydrogen-bond donors (Lipinski definition) is 2. The minimum absolute atomic E-state index is 0.108. The normalized spacial score (nSPS) is 12.5. The Morgan fingerprint density at radius 1 is 1.50 bits per heavy atom. The summed E-state index contributed by atoms with van der Waals surface area (Å²) in [5.74, 6) is -1.31. The first-order chi connectivity index (χ1) is 8.36. The van der Waals surface area contributed by atoms with Crippen LogP contribution in [0.1, 0.15) is 49.2 Å². The van der Waals surface area contributed by atoms with Crippen molar-refractivity contribution in [2.24, 2.45) is 7.05 Å². The van der Waals surface area contributed by atoms with E-state index in [1.54, 1.807) is 24.9 Å². The van der Waals surface area contributed by atoms with Crippen LogP contribution in [0, 0.1) is 0 Å². The minimum Gasteiger partial charge on any atom is -0.480 e. The van der Waals surface area contributed by atoms with Gasteiger partial charge < -0.3 is 10.4 Å². The van der Waals surface area contributed by atoms with Gasteiger partial charge in [0.2, 0.25) is 0 Å². The molecule has 0 aromatic carbocycles. The first kappa shape index (κ1) is 14.2. The first-order valence-electron chi connectivity index (χ1n) is 5.94. The molecule has 18 heavy (non-hydrogen) atoms. The summed E-state index contributed by atoms with van der Waals surface area (Å²) in [6, 6.07) is -0.863. The summed E-state index contributed by atoms with van der Waals surface area (Å²) in [4.78, 5) is 22.9. The molecule has 1 amide bonds. The van der Waals surface area contributed by atoms with E-state index >= 15 is 0 Å². The Morgan fingerprint density at radius 2 is 2.11 bits per heavy atom. The molecule has 1 aromatic rings. The maximum absolute atomic E-state index is 12.0. The van der Waals surface area contributed by atoms with Gasteiger partial charge in [0.15, 0.2) is 0 Å². The average Bonchev–Trinajstić information content (AvgIpc) is 2.67. The highest BCUT2D eigenvalue weighted by Crippen LogP contribution is 2.17. The monoisotopic (exact) mass is 253 g/mol. The van der Waals surface area contributed by atoms with Gasteiger partial charge in [0.25, 0.3) is 5.91 Å². The predicted molar refractivity (Wildman–Crippen MR) is 66.5 cm³/mol. The Hall–Kier alpha value is -1.85. The first-order valence-corrected chi connectivity index (χ1v) is 5.94. The van der Waals surface area contributed by atoms with Gasteiger partial charge in [-0.25, -0.2) is 4.79 Å². The van der Waals surface area contributed by atoms with Gasteiger partial charge in [-0.05, 0) is 12.3 Å². The van der Waals surface area contributed by atoms with Gasteiger partial charge in [-0.1, -0.05) is 20.8 Å². The second kappa shape index (κ2) is 5.66. The van der Waals surface area contributed by atoms with Crippen molar-refractivity contribution in [3.05, 3.63) is 17.5 Å². The van der Waals surface area contributed by atoms with Crippen LogP contribution in [-0.4, -0.2) is 32.8 Å². The summed E-state index contributed by atoms with van der Waals surface area (Å²) in [5.41, 5.74) is 1.11. The molecule has 1 unspecified atom stereocenters. The van der Waals surface area contributed by atoms with Crippen molar-refractivity contribution < 1.29 is 14.7 Å². The molecule has 0 saturated heterocycles. The van der Waals surface area contributed by atoms with Gasteiger partial charge >= 0.3 is 5.97 Å². The van der Waals surface area contributed by atoms with Crippen molar-refractivity contribution >= 4 is 11.9 Å². The largest absolute Gasteiger partial charge is 0.480 e. The van der Waals surface area contributed by atoms with Gasteiger partial charge in [-0.2, -0.15) is 5.10 Å². The van der Waals surface area contributed by atoms with Crippen LogP contribution in [0.2, 0.25) is 0 Å². The predicted octanol–water partition coefficient (Wildman–Crippen LogP) is 1.14. The third-order valence-corrected chi connectivity index (χ3v) is 2.66. The topological polar surface area (TPSA) is 84.2 Å². The van der Waals surface area contributed by atoms with Gasteiger partial charge in [0.1, 0.15) is 6.04 Å². The second-order valence-corrected chi connectivity index (χ2v) is 4.53. The van der Waals surface area contributed by atoms with E-state index in [-0.39, 0.29) is 11.8 Å².